The lowest BCUT2D eigenvalue weighted by Gasteiger charge is -2.35. The van der Waals surface area contributed by atoms with Crippen molar-refractivity contribution in [3.8, 4) is 0 Å². The summed E-state index contributed by atoms with van der Waals surface area (Å²) in [6.07, 6.45) is 0. The van der Waals surface area contributed by atoms with Gasteiger partial charge in [-0.25, -0.2) is 0 Å². The van der Waals surface area contributed by atoms with Gasteiger partial charge in [0.05, 0.1) is 0 Å². The third-order valence-electron chi connectivity index (χ3n) is 3.50. The second-order valence-corrected chi connectivity index (χ2v) is 6.37. The van der Waals surface area contributed by atoms with Gasteiger partial charge in [0, 0.05) is 43.4 Å². The van der Waals surface area contributed by atoms with Crippen molar-refractivity contribution >= 4 is 29.1 Å². The second-order valence-electron chi connectivity index (χ2n) is 4.81. The Balaban J connectivity index is 1.61. The molecule has 1 heterocycles. The van der Waals surface area contributed by atoms with Gasteiger partial charge in [0.25, 0.3) is 0 Å². The number of hydrogen-bond acceptors (Lipinski definition) is 3. The minimum Gasteiger partial charge on any atom is -0.362 e. The molecule has 20 heavy (non-hydrogen) atoms. The summed E-state index contributed by atoms with van der Waals surface area (Å²) in [5.74, 6) is 1.04. The van der Waals surface area contributed by atoms with Crippen LogP contribution in [0, 0.1) is 0 Å². The van der Waals surface area contributed by atoms with E-state index in [0.29, 0.717) is 0 Å². The number of nitrogens with zero attached hydrogens (tertiary/aromatic N) is 2. The molecule has 1 aliphatic heterocycles. The highest BCUT2D eigenvalue weighted by atomic mass is 32.2. The largest absolute Gasteiger partial charge is 0.362 e. The lowest BCUT2D eigenvalue weighted by molar-refractivity contribution is 0.189. The maximum atomic E-state index is 5.47. The molecule has 0 radical (unpaired) electrons. The number of hydrogen-bond donors (Lipinski definition) is 1. The molecule has 0 saturated carbocycles. The Bertz CT molecular complexity index is 403. The zero-order valence-corrected chi connectivity index (χ0v) is 13.7. The number of thiocarbonyl (C=S) groups is 1. The molecule has 0 aromatic heterocycles. The minimum atomic E-state index is 0.911. The summed E-state index contributed by atoms with van der Waals surface area (Å²) in [7, 11) is 0. The quantitative estimate of drug-likeness (QED) is 0.509. The Morgan fingerprint density at radius 2 is 1.90 bits per heavy atom. The van der Waals surface area contributed by atoms with Crippen LogP contribution in [0.3, 0.4) is 0 Å². The van der Waals surface area contributed by atoms with Crippen LogP contribution < -0.4 is 5.32 Å². The van der Waals surface area contributed by atoms with Crippen LogP contribution >= 0.6 is 24.0 Å². The molecule has 1 fully saturated rings. The molecule has 1 aromatic rings. The first-order valence-corrected chi connectivity index (χ1v) is 8.62. The van der Waals surface area contributed by atoms with Crippen LogP contribution in [-0.4, -0.2) is 59.9 Å². The van der Waals surface area contributed by atoms with Crippen LogP contribution in [0.25, 0.3) is 0 Å². The number of nitrogens with one attached hydrogen (secondary N) is 1. The SMILES string of the molecule is CCN1CCN(C(=S)NCCSc2ccccc2)CC1. The van der Waals surface area contributed by atoms with Gasteiger partial charge in [-0.3, -0.25) is 0 Å². The van der Waals surface area contributed by atoms with Gasteiger partial charge in [-0.15, -0.1) is 11.8 Å². The Labute approximate surface area is 131 Å². The summed E-state index contributed by atoms with van der Waals surface area (Å²) in [6.45, 7) is 8.62. The molecule has 1 N–H and O–H groups in total. The molecule has 3 nitrogen and oxygen atoms in total. The first-order valence-electron chi connectivity index (χ1n) is 7.22. The van der Waals surface area contributed by atoms with E-state index in [4.69, 9.17) is 12.2 Å². The summed E-state index contributed by atoms with van der Waals surface area (Å²) in [5, 5.41) is 4.28. The van der Waals surface area contributed by atoms with Gasteiger partial charge in [0.1, 0.15) is 0 Å². The van der Waals surface area contributed by atoms with E-state index in [-0.39, 0.29) is 0 Å². The van der Waals surface area contributed by atoms with Crippen LogP contribution in [0.4, 0.5) is 0 Å². The van der Waals surface area contributed by atoms with Crippen LogP contribution in [0.15, 0.2) is 35.2 Å². The van der Waals surface area contributed by atoms with Gasteiger partial charge in [0.2, 0.25) is 0 Å². The smallest absolute Gasteiger partial charge is 0.169 e. The predicted molar refractivity (Wildman–Crippen MR) is 91.5 cm³/mol. The van der Waals surface area contributed by atoms with E-state index in [1.165, 1.54) is 4.90 Å². The van der Waals surface area contributed by atoms with Gasteiger partial charge in [-0.2, -0.15) is 0 Å². The lowest BCUT2D eigenvalue weighted by atomic mass is 10.3. The Kier molecular flexibility index (Phi) is 6.63. The minimum absolute atomic E-state index is 0.911. The number of likely N-dealkylation sites (N-methyl/N-ethyl adjacent to an activating group) is 1. The molecule has 1 aliphatic rings. The maximum Gasteiger partial charge on any atom is 0.169 e. The second kappa shape index (κ2) is 8.49. The molecule has 0 unspecified atom stereocenters. The Morgan fingerprint density at radius 1 is 1.20 bits per heavy atom. The highest BCUT2D eigenvalue weighted by molar-refractivity contribution is 7.99. The van der Waals surface area contributed by atoms with Gasteiger partial charge in [-0.05, 0) is 30.9 Å². The van der Waals surface area contributed by atoms with Crippen LogP contribution in [0.5, 0.6) is 0 Å². The molecule has 1 aromatic carbocycles. The molecule has 2 rings (SSSR count). The summed E-state index contributed by atoms with van der Waals surface area (Å²) >= 11 is 7.33. The molecular weight excluding hydrogens is 286 g/mol. The fraction of sp³-hybridized carbons (Fsp3) is 0.533. The fourth-order valence-corrected chi connectivity index (χ4v) is 3.30. The van der Waals surface area contributed by atoms with Crippen molar-refractivity contribution in [1.29, 1.82) is 0 Å². The summed E-state index contributed by atoms with van der Waals surface area (Å²) in [4.78, 5) is 6.07. The van der Waals surface area contributed by atoms with Crippen LogP contribution in [0.1, 0.15) is 6.92 Å². The average Bonchev–Trinajstić information content (AvgIpc) is 2.52. The van der Waals surface area contributed by atoms with E-state index in [2.05, 4.69) is 46.3 Å². The van der Waals surface area contributed by atoms with E-state index >= 15 is 0 Å². The van der Waals surface area contributed by atoms with Gasteiger partial charge < -0.3 is 15.1 Å². The molecule has 0 atom stereocenters. The zero-order chi connectivity index (χ0) is 14.2. The van der Waals surface area contributed by atoms with Gasteiger partial charge in [0.15, 0.2) is 5.11 Å². The van der Waals surface area contributed by atoms with E-state index < -0.39 is 0 Å². The number of piperazine rings is 1. The van der Waals surface area contributed by atoms with Crippen molar-refractivity contribution in [2.24, 2.45) is 0 Å². The first kappa shape index (κ1) is 15.6. The number of thioether (sulfide) groups is 1. The predicted octanol–water partition coefficient (Wildman–Crippen LogP) is 2.29. The van der Waals surface area contributed by atoms with Crippen molar-refractivity contribution in [3.63, 3.8) is 0 Å². The van der Waals surface area contributed by atoms with Crippen molar-refractivity contribution in [2.45, 2.75) is 11.8 Å². The summed E-state index contributed by atoms with van der Waals surface area (Å²) in [5.41, 5.74) is 0. The highest BCUT2D eigenvalue weighted by Gasteiger charge is 2.17. The molecule has 0 amide bonds. The van der Waals surface area contributed by atoms with E-state index in [9.17, 15) is 0 Å². The average molecular weight is 310 g/mol. The Morgan fingerprint density at radius 3 is 2.55 bits per heavy atom. The van der Waals surface area contributed by atoms with Crippen LogP contribution in [0.2, 0.25) is 0 Å². The van der Waals surface area contributed by atoms with Crippen molar-refractivity contribution in [2.75, 3.05) is 45.0 Å². The van der Waals surface area contributed by atoms with E-state index in [1.807, 2.05) is 17.8 Å². The van der Waals surface area contributed by atoms with E-state index in [0.717, 1.165) is 50.1 Å². The van der Waals surface area contributed by atoms with Crippen molar-refractivity contribution in [1.82, 2.24) is 15.1 Å². The summed E-state index contributed by atoms with van der Waals surface area (Å²) < 4.78 is 0. The number of benzene rings is 1. The molecule has 0 bridgehead atoms. The normalized spacial score (nSPS) is 16.1. The van der Waals surface area contributed by atoms with E-state index in [1.54, 1.807) is 0 Å². The maximum absolute atomic E-state index is 5.47. The third kappa shape index (κ3) is 4.96. The topological polar surface area (TPSA) is 18.5 Å². The standard InChI is InChI=1S/C15H23N3S2/c1-2-17-9-11-18(12-10-17)15(19)16-8-13-20-14-6-4-3-5-7-14/h3-7H,2,8-13H2,1H3,(H,16,19). The zero-order valence-electron chi connectivity index (χ0n) is 12.0. The molecule has 0 aliphatic carbocycles. The van der Waals surface area contributed by atoms with Crippen LogP contribution in [-0.2, 0) is 0 Å². The summed E-state index contributed by atoms with van der Waals surface area (Å²) in [6, 6.07) is 10.5. The Hall–Kier alpha value is -0.780. The van der Waals surface area contributed by atoms with Crippen molar-refractivity contribution in [3.05, 3.63) is 30.3 Å². The highest BCUT2D eigenvalue weighted by Crippen LogP contribution is 2.15. The third-order valence-corrected chi connectivity index (χ3v) is 4.91. The molecule has 5 heteroatoms. The van der Waals surface area contributed by atoms with Gasteiger partial charge in [-0.1, -0.05) is 25.1 Å². The molecular formula is C15H23N3S2. The first-order chi connectivity index (χ1) is 9.79. The lowest BCUT2D eigenvalue weighted by Crippen LogP contribution is -2.51. The molecule has 0 spiro atoms. The van der Waals surface area contributed by atoms with Crippen molar-refractivity contribution < 1.29 is 0 Å². The number of rotatable bonds is 5. The fourth-order valence-electron chi connectivity index (χ4n) is 2.22. The molecule has 110 valence electrons. The molecule has 1 saturated heterocycles. The van der Waals surface area contributed by atoms with Gasteiger partial charge >= 0.3 is 0 Å². The monoisotopic (exact) mass is 309 g/mol.